The van der Waals surface area contributed by atoms with E-state index in [2.05, 4.69) is 0 Å². The van der Waals surface area contributed by atoms with E-state index >= 15 is 0 Å². The molecule has 0 radical (unpaired) electrons. The second kappa shape index (κ2) is 7.49. The quantitative estimate of drug-likeness (QED) is 0.747. The van der Waals surface area contributed by atoms with Crippen LogP contribution < -0.4 is 4.90 Å². The Morgan fingerprint density at radius 1 is 1.36 bits per heavy atom. The molecule has 0 aliphatic heterocycles. The zero-order valence-corrected chi connectivity index (χ0v) is 13.0. The number of hydrogen-bond acceptors (Lipinski definition) is 4. The van der Waals surface area contributed by atoms with Crippen molar-refractivity contribution in [2.24, 2.45) is 0 Å². The predicted molar refractivity (Wildman–Crippen MR) is 76.2 cm³/mol. The minimum atomic E-state index is -2.67. The zero-order valence-electron chi connectivity index (χ0n) is 12.2. The third-order valence-electron chi connectivity index (χ3n) is 2.94. The fourth-order valence-electron chi connectivity index (χ4n) is 1.60. The molecular formula is C14H15ClF3NO3. The minimum absolute atomic E-state index is 0.202. The Hall–Kier alpha value is -1.76. The second-order valence-electron chi connectivity index (χ2n) is 4.71. The monoisotopic (exact) mass is 337 g/mol. The van der Waals surface area contributed by atoms with Crippen molar-refractivity contribution in [2.75, 3.05) is 18.5 Å². The molecule has 0 saturated heterocycles. The van der Waals surface area contributed by atoms with Crippen LogP contribution in [0, 0.1) is 5.82 Å². The molecule has 122 valence electrons. The van der Waals surface area contributed by atoms with Gasteiger partial charge in [-0.15, -0.1) is 0 Å². The molecule has 1 rings (SSSR count). The third kappa shape index (κ3) is 4.62. The van der Waals surface area contributed by atoms with Gasteiger partial charge < -0.3 is 9.64 Å². The molecule has 1 atom stereocenters. The Bertz CT molecular complexity index is 581. The van der Waals surface area contributed by atoms with E-state index in [1.54, 1.807) is 0 Å². The molecule has 1 aromatic carbocycles. The number of nitrogens with zero attached hydrogens (tertiary/aromatic N) is 1. The number of hydrogen-bond donors (Lipinski definition) is 0. The summed E-state index contributed by atoms with van der Waals surface area (Å²) in [5.74, 6) is -2.15. The first-order valence-corrected chi connectivity index (χ1v) is 6.71. The number of ether oxygens (including phenoxy) is 1. The highest BCUT2D eigenvalue weighted by Gasteiger charge is 2.22. The van der Waals surface area contributed by atoms with E-state index in [9.17, 15) is 22.8 Å². The Kier molecular flexibility index (Phi) is 6.22. The van der Waals surface area contributed by atoms with Crippen molar-refractivity contribution in [2.45, 2.75) is 26.4 Å². The van der Waals surface area contributed by atoms with E-state index in [-0.39, 0.29) is 22.1 Å². The molecule has 0 spiro atoms. The molecule has 1 unspecified atom stereocenters. The molecular weight excluding hydrogens is 323 g/mol. The number of benzene rings is 1. The first-order chi connectivity index (χ1) is 10.1. The maximum atomic E-state index is 13.8. The average molecular weight is 338 g/mol. The number of Topliss-reactive ketones (excluding diaryl/α,β-unsaturated/α-hetero) is 1. The predicted octanol–water partition coefficient (Wildman–Crippen LogP) is 3.31. The van der Waals surface area contributed by atoms with E-state index in [1.165, 1.54) is 20.9 Å². The van der Waals surface area contributed by atoms with E-state index in [4.69, 9.17) is 16.3 Å². The molecule has 0 heterocycles. The first kappa shape index (κ1) is 18.3. The van der Waals surface area contributed by atoms with E-state index < -0.39 is 30.9 Å². The Morgan fingerprint density at radius 2 is 1.95 bits per heavy atom. The maximum Gasteiger partial charge on any atom is 0.340 e. The van der Waals surface area contributed by atoms with Gasteiger partial charge in [0.2, 0.25) is 0 Å². The van der Waals surface area contributed by atoms with Gasteiger partial charge >= 0.3 is 5.97 Å². The number of carbonyl (C=O) groups is 2. The van der Waals surface area contributed by atoms with Crippen molar-refractivity contribution >= 4 is 29.0 Å². The van der Waals surface area contributed by atoms with Crippen molar-refractivity contribution < 1.29 is 27.5 Å². The molecule has 0 fully saturated rings. The van der Waals surface area contributed by atoms with Crippen LogP contribution in [0.25, 0.3) is 0 Å². The van der Waals surface area contributed by atoms with E-state index in [1.807, 2.05) is 0 Å². The zero-order chi connectivity index (χ0) is 17.0. The van der Waals surface area contributed by atoms with Crippen LogP contribution in [-0.4, -0.2) is 37.9 Å². The fraction of sp³-hybridized carbons (Fsp3) is 0.429. The number of rotatable bonds is 6. The van der Waals surface area contributed by atoms with Crippen molar-refractivity contribution in [3.63, 3.8) is 0 Å². The van der Waals surface area contributed by atoms with Gasteiger partial charge in [0.25, 0.3) is 6.43 Å². The molecule has 1 aromatic rings. The lowest BCUT2D eigenvalue weighted by Gasteiger charge is -2.20. The standard InChI is InChI=1S/C14H15ClF3NO3/c1-7(20)8(2)22-14(21)9-4-12(11(16)5-10(9)15)19(3)6-13(17)18/h4-5,8,13H,6H2,1-3H3. The summed E-state index contributed by atoms with van der Waals surface area (Å²) in [6.07, 6.45) is -3.66. The summed E-state index contributed by atoms with van der Waals surface area (Å²) in [6, 6.07) is 1.86. The van der Waals surface area contributed by atoms with Crippen molar-refractivity contribution in [1.29, 1.82) is 0 Å². The molecule has 0 aliphatic rings. The Labute approximate surface area is 130 Å². The summed E-state index contributed by atoms with van der Waals surface area (Å²) in [4.78, 5) is 24.0. The van der Waals surface area contributed by atoms with Gasteiger partial charge in [-0.25, -0.2) is 18.0 Å². The number of esters is 1. The number of anilines is 1. The van der Waals surface area contributed by atoms with Gasteiger partial charge in [-0.05, 0) is 26.0 Å². The van der Waals surface area contributed by atoms with Crippen LogP contribution in [0.4, 0.5) is 18.9 Å². The number of ketones is 1. The van der Waals surface area contributed by atoms with Gasteiger partial charge in [0.1, 0.15) is 5.82 Å². The third-order valence-corrected chi connectivity index (χ3v) is 3.25. The highest BCUT2D eigenvalue weighted by atomic mass is 35.5. The lowest BCUT2D eigenvalue weighted by Crippen LogP contribution is -2.26. The van der Waals surface area contributed by atoms with Gasteiger partial charge in [-0.3, -0.25) is 4.79 Å². The van der Waals surface area contributed by atoms with Gasteiger partial charge in [0.15, 0.2) is 11.9 Å². The summed E-state index contributed by atoms with van der Waals surface area (Å²) >= 11 is 5.78. The molecule has 0 aliphatic carbocycles. The summed E-state index contributed by atoms with van der Waals surface area (Å²) in [5.41, 5.74) is -0.417. The van der Waals surface area contributed by atoms with Crippen LogP contribution >= 0.6 is 11.6 Å². The normalized spacial score (nSPS) is 12.2. The lowest BCUT2D eigenvalue weighted by atomic mass is 10.1. The highest BCUT2D eigenvalue weighted by Crippen LogP contribution is 2.27. The molecule has 22 heavy (non-hydrogen) atoms. The van der Waals surface area contributed by atoms with Crippen LogP contribution in [0.5, 0.6) is 0 Å². The van der Waals surface area contributed by atoms with Crippen molar-refractivity contribution in [1.82, 2.24) is 0 Å². The molecule has 0 saturated carbocycles. The van der Waals surface area contributed by atoms with E-state index in [0.29, 0.717) is 0 Å². The van der Waals surface area contributed by atoms with Gasteiger partial charge in [0.05, 0.1) is 22.8 Å². The maximum absolute atomic E-state index is 13.8. The summed E-state index contributed by atoms with van der Waals surface area (Å²) in [7, 11) is 1.26. The molecule has 0 aromatic heterocycles. The molecule has 8 heteroatoms. The van der Waals surface area contributed by atoms with Crippen LogP contribution in [0.3, 0.4) is 0 Å². The van der Waals surface area contributed by atoms with Crippen molar-refractivity contribution in [3.8, 4) is 0 Å². The lowest BCUT2D eigenvalue weighted by molar-refractivity contribution is -0.124. The minimum Gasteiger partial charge on any atom is -0.451 e. The second-order valence-corrected chi connectivity index (χ2v) is 5.12. The summed E-state index contributed by atoms with van der Waals surface area (Å²) in [6.45, 7) is 1.91. The van der Waals surface area contributed by atoms with Crippen LogP contribution in [0.1, 0.15) is 24.2 Å². The largest absolute Gasteiger partial charge is 0.451 e. The van der Waals surface area contributed by atoms with Gasteiger partial charge in [0, 0.05) is 7.05 Å². The smallest absolute Gasteiger partial charge is 0.340 e. The first-order valence-electron chi connectivity index (χ1n) is 6.33. The topological polar surface area (TPSA) is 46.6 Å². The fourth-order valence-corrected chi connectivity index (χ4v) is 1.83. The number of halogens is 4. The highest BCUT2D eigenvalue weighted by molar-refractivity contribution is 6.33. The summed E-state index contributed by atoms with van der Waals surface area (Å²) in [5, 5.41) is -0.229. The van der Waals surface area contributed by atoms with Crippen molar-refractivity contribution in [3.05, 3.63) is 28.5 Å². The molecule has 0 N–H and O–H groups in total. The van der Waals surface area contributed by atoms with Crippen LogP contribution in [0.2, 0.25) is 5.02 Å². The average Bonchev–Trinajstić information content (AvgIpc) is 2.37. The number of alkyl halides is 2. The SMILES string of the molecule is CC(=O)C(C)OC(=O)c1cc(N(C)CC(F)F)c(F)cc1Cl. The van der Waals surface area contributed by atoms with Gasteiger partial charge in [-0.1, -0.05) is 11.6 Å². The van der Waals surface area contributed by atoms with Gasteiger partial charge in [-0.2, -0.15) is 0 Å². The van der Waals surface area contributed by atoms with E-state index in [0.717, 1.165) is 17.0 Å². The molecule has 0 bridgehead atoms. The summed E-state index contributed by atoms with van der Waals surface area (Å²) < 4.78 is 43.4. The Balaban J connectivity index is 3.10. The van der Waals surface area contributed by atoms with Crippen LogP contribution in [0.15, 0.2) is 12.1 Å². The van der Waals surface area contributed by atoms with Crippen LogP contribution in [-0.2, 0) is 9.53 Å². The Morgan fingerprint density at radius 3 is 2.45 bits per heavy atom. The molecule has 4 nitrogen and oxygen atoms in total. The number of carbonyl (C=O) groups excluding carboxylic acids is 2. The molecule has 0 amide bonds.